The van der Waals surface area contributed by atoms with E-state index < -0.39 is 109 Å². The molecule has 17 nitrogen and oxygen atoms in total. The lowest BCUT2D eigenvalue weighted by molar-refractivity contribution is -0.336. The highest BCUT2D eigenvalue weighted by atomic mass is 16.7. The maximum Gasteiger partial charge on any atom is 0.331 e. The lowest BCUT2D eigenvalue weighted by atomic mass is 9.42. The van der Waals surface area contributed by atoms with E-state index in [0.29, 0.717) is 19.3 Å². The highest BCUT2D eigenvalue weighted by Gasteiger charge is 2.71. The van der Waals surface area contributed by atoms with Gasteiger partial charge in [0, 0.05) is 30.8 Å². The number of esters is 2. The molecule has 4 aliphatic carbocycles. The van der Waals surface area contributed by atoms with Gasteiger partial charge in [-0.3, -0.25) is 9.59 Å². The van der Waals surface area contributed by atoms with Gasteiger partial charge < -0.3 is 68.5 Å². The van der Waals surface area contributed by atoms with Gasteiger partial charge in [-0.1, -0.05) is 13.8 Å². The van der Waals surface area contributed by atoms with Crippen LogP contribution in [0.1, 0.15) is 118 Å². The molecule has 0 aromatic rings. The molecule has 4 aliphatic heterocycles. The zero-order chi connectivity index (χ0) is 44.5. The van der Waals surface area contributed by atoms with Crippen LogP contribution in [0.3, 0.4) is 0 Å². The fraction of sp³-hybridized carbons (Fsp3) is 0.889. The van der Waals surface area contributed by atoms with Crippen LogP contribution < -0.4 is 0 Å². The second kappa shape index (κ2) is 17.8. The fourth-order valence-electron chi connectivity index (χ4n) is 13.3. The molecule has 350 valence electrons. The number of cyclic esters (lactones) is 1. The van der Waals surface area contributed by atoms with Crippen molar-refractivity contribution < 1.29 is 82.9 Å². The predicted octanol–water partition coefficient (Wildman–Crippen LogP) is 2.63. The monoisotopic (exact) mass is 880 g/mol. The van der Waals surface area contributed by atoms with Crippen LogP contribution in [-0.2, 0) is 52.3 Å². The number of aliphatic carboxylic acids is 1. The number of ether oxygens (including phenoxy) is 8. The first-order valence-corrected chi connectivity index (χ1v) is 23.0. The number of fused-ring (bicyclic) bond motifs is 5. The molecule has 3 saturated heterocycles. The first-order valence-electron chi connectivity index (χ1n) is 23.0. The van der Waals surface area contributed by atoms with Gasteiger partial charge in [0.15, 0.2) is 18.9 Å². The van der Waals surface area contributed by atoms with E-state index in [2.05, 4.69) is 6.92 Å². The summed E-state index contributed by atoms with van der Waals surface area (Å²) >= 11 is 0. The number of hydrogen-bond donors (Lipinski definition) is 6. The molecule has 62 heavy (non-hydrogen) atoms. The van der Waals surface area contributed by atoms with Gasteiger partial charge in [0.25, 0.3) is 0 Å². The minimum absolute atomic E-state index is 0.00231. The highest BCUT2D eigenvalue weighted by Crippen LogP contribution is 2.70. The number of carbonyl (C=O) groups excluding carboxylic acids is 2. The van der Waals surface area contributed by atoms with Crippen molar-refractivity contribution in [1.82, 2.24) is 0 Å². The Morgan fingerprint density at radius 3 is 2.08 bits per heavy atom. The van der Waals surface area contributed by atoms with Gasteiger partial charge in [-0.2, -0.15) is 0 Å². The van der Waals surface area contributed by atoms with E-state index in [1.807, 2.05) is 6.92 Å². The van der Waals surface area contributed by atoms with E-state index in [4.69, 9.17) is 37.9 Å². The van der Waals surface area contributed by atoms with Crippen LogP contribution in [-0.4, -0.2) is 147 Å². The number of carboxylic acids is 1. The van der Waals surface area contributed by atoms with Gasteiger partial charge in [-0.15, -0.1) is 0 Å². The number of hydrogen-bond acceptors (Lipinski definition) is 16. The quantitative estimate of drug-likeness (QED) is 0.129. The van der Waals surface area contributed by atoms with E-state index in [1.165, 1.54) is 0 Å². The van der Waals surface area contributed by atoms with Gasteiger partial charge in [0.2, 0.25) is 0 Å². The van der Waals surface area contributed by atoms with Gasteiger partial charge in [0.1, 0.15) is 31.0 Å². The molecule has 21 atom stereocenters. The van der Waals surface area contributed by atoms with Gasteiger partial charge >= 0.3 is 17.9 Å². The molecule has 0 amide bonds. The smallest absolute Gasteiger partial charge is 0.331 e. The largest absolute Gasteiger partial charge is 0.481 e. The molecule has 0 unspecified atom stereocenters. The molecular formula is C45H68O17. The minimum atomic E-state index is -1.13. The van der Waals surface area contributed by atoms with E-state index in [1.54, 1.807) is 26.8 Å². The van der Waals surface area contributed by atoms with Crippen LogP contribution in [0.2, 0.25) is 0 Å². The Morgan fingerprint density at radius 2 is 1.42 bits per heavy atom. The van der Waals surface area contributed by atoms with E-state index in [0.717, 1.165) is 37.7 Å². The summed E-state index contributed by atoms with van der Waals surface area (Å²) in [5, 5.41) is 65.3. The molecule has 0 bridgehead atoms. The Labute approximate surface area is 362 Å². The van der Waals surface area contributed by atoms with Crippen LogP contribution in [0.15, 0.2) is 11.6 Å². The number of rotatable bonds is 11. The molecule has 8 rings (SSSR count). The molecule has 8 aliphatic rings. The number of aliphatic hydroxyl groups is 5. The average molecular weight is 881 g/mol. The van der Waals surface area contributed by atoms with Crippen molar-refractivity contribution in [1.29, 1.82) is 0 Å². The van der Waals surface area contributed by atoms with Crippen LogP contribution >= 0.6 is 0 Å². The van der Waals surface area contributed by atoms with Crippen LogP contribution in [0, 0.1) is 34.5 Å². The Hall–Kier alpha value is -2.29. The van der Waals surface area contributed by atoms with Crippen molar-refractivity contribution >= 4 is 17.9 Å². The summed E-state index contributed by atoms with van der Waals surface area (Å²) in [7, 11) is 0. The molecule has 17 heteroatoms. The Morgan fingerprint density at radius 1 is 0.758 bits per heavy atom. The standard InChI is InChI=1S/C45H68O17/c1-21-40(53)30(46)17-37(56-21)61-41-22(2)57-38(18-31(41)47)62-42-23(3)58-39(19-32(42)60-35(51)9-8-34(49)50)59-26-10-12-43(4)25(15-26)6-7-28-29(43)16-33(48)44(5)27(11-13-45(28,44)54)24-14-36(52)55-20-24/h14,21-23,25-33,37-42,46-48,53-54H,6-13,15-20H2,1-5H3,(H,49,50)/t21-,22-,23-,25-,26+,27-,28-,29+,30+,31+,32+,33-,37+,38+,39+,40-,41-,42-,43+,44+,45+/m1/s1. The van der Waals surface area contributed by atoms with Crippen molar-refractivity contribution in [3.63, 3.8) is 0 Å². The van der Waals surface area contributed by atoms with Gasteiger partial charge in [0.05, 0.1) is 61.2 Å². The maximum absolute atomic E-state index is 13.0. The molecule has 7 fully saturated rings. The molecule has 4 saturated carbocycles. The molecule has 4 heterocycles. The SMILES string of the molecule is C[C@H]1O[C@@H](O[C@H]2[C@@H](O)C[C@H](O[C@H]3[C@@H](OC(=O)CCC(=O)O)C[C@H](O[C@H]4CC[C@@]5(C)[C@H](CC[C@@H]6[C@@H]5C[C@@H](O)[C@]5(C)[C@@H](C7=CC(=O)OC7)CC[C@]65O)C4)O[C@@H]3C)O[C@@H]2C)C[C@H](O)[C@@H]1O. The molecule has 6 N–H and O–H groups in total. The number of carbonyl (C=O) groups is 3. The summed E-state index contributed by atoms with van der Waals surface area (Å²) in [5.41, 5.74) is -1.11. The summed E-state index contributed by atoms with van der Waals surface area (Å²) in [5.74, 6) is -1.91. The van der Waals surface area contributed by atoms with E-state index in [-0.39, 0.29) is 73.5 Å². The second-order valence-corrected chi connectivity index (χ2v) is 20.2. The Balaban J connectivity index is 0.899. The summed E-state index contributed by atoms with van der Waals surface area (Å²) in [4.78, 5) is 36.3. The van der Waals surface area contributed by atoms with Crippen LogP contribution in [0.5, 0.6) is 0 Å². The lowest BCUT2D eigenvalue weighted by Gasteiger charge is -2.65. The molecule has 0 aromatic carbocycles. The highest BCUT2D eigenvalue weighted by molar-refractivity contribution is 5.85. The van der Waals surface area contributed by atoms with Crippen molar-refractivity contribution in [3.8, 4) is 0 Å². The topological polar surface area (TPSA) is 246 Å². The van der Waals surface area contributed by atoms with Crippen LogP contribution in [0.25, 0.3) is 0 Å². The first kappa shape index (κ1) is 46.2. The Bertz CT molecular complexity index is 1670. The summed E-state index contributed by atoms with van der Waals surface area (Å²) in [6, 6.07) is 0. The second-order valence-electron chi connectivity index (χ2n) is 20.2. The fourth-order valence-corrected chi connectivity index (χ4v) is 13.3. The van der Waals surface area contributed by atoms with Gasteiger partial charge in [-0.25, -0.2) is 4.79 Å². The minimum Gasteiger partial charge on any atom is -0.481 e. The van der Waals surface area contributed by atoms with Crippen molar-refractivity contribution in [2.45, 2.75) is 210 Å². The third-order valence-corrected chi connectivity index (χ3v) is 16.8. The summed E-state index contributed by atoms with van der Waals surface area (Å²) in [6.07, 6.45) is -4.33. The maximum atomic E-state index is 13.0. The van der Waals surface area contributed by atoms with Crippen molar-refractivity contribution in [3.05, 3.63) is 11.6 Å². The third kappa shape index (κ3) is 8.51. The predicted molar refractivity (Wildman–Crippen MR) is 213 cm³/mol. The number of carboxylic acid groups (broad SMARTS) is 1. The number of aliphatic hydroxyl groups excluding tert-OH is 4. The Kier molecular flexibility index (Phi) is 13.3. The summed E-state index contributed by atoms with van der Waals surface area (Å²) in [6.45, 7) is 9.66. The first-order chi connectivity index (χ1) is 29.3. The van der Waals surface area contributed by atoms with E-state index >= 15 is 0 Å². The zero-order valence-electron chi connectivity index (χ0n) is 36.5. The normalized spacial score (nSPS) is 50.4. The van der Waals surface area contributed by atoms with Crippen LogP contribution in [0.4, 0.5) is 0 Å². The van der Waals surface area contributed by atoms with Crippen molar-refractivity contribution in [2.24, 2.45) is 34.5 Å². The summed E-state index contributed by atoms with van der Waals surface area (Å²) < 4.78 is 48.5. The van der Waals surface area contributed by atoms with Gasteiger partial charge in [-0.05, 0) is 107 Å². The molecule has 0 radical (unpaired) electrons. The third-order valence-electron chi connectivity index (χ3n) is 16.8. The van der Waals surface area contributed by atoms with E-state index in [9.17, 15) is 45.0 Å². The molecule has 0 aromatic heterocycles. The zero-order valence-corrected chi connectivity index (χ0v) is 36.5. The lowest BCUT2D eigenvalue weighted by Crippen LogP contribution is -2.67. The molecular weight excluding hydrogens is 812 g/mol. The average Bonchev–Trinajstić information content (AvgIpc) is 3.76. The molecule has 0 spiro atoms. The van der Waals surface area contributed by atoms with Crippen molar-refractivity contribution in [2.75, 3.05) is 6.61 Å².